The molecule has 1 aliphatic carbocycles. The summed E-state index contributed by atoms with van der Waals surface area (Å²) < 4.78 is 5.31. The minimum atomic E-state index is 0.570. The summed E-state index contributed by atoms with van der Waals surface area (Å²) in [6.07, 6.45) is 8.81. The Labute approximate surface area is 67.1 Å². The van der Waals surface area contributed by atoms with Gasteiger partial charge in [0, 0.05) is 0 Å². The molecule has 0 aromatic heterocycles. The Kier molecular flexibility index (Phi) is 1.66. The lowest BCUT2D eigenvalue weighted by Gasteiger charge is -1.94. The fourth-order valence-electron chi connectivity index (χ4n) is 1.37. The first-order valence-corrected chi connectivity index (χ1v) is 4.02. The first kappa shape index (κ1) is 6.86. The predicted molar refractivity (Wildman–Crippen MR) is 45.3 cm³/mol. The smallest absolute Gasteiger partial charge is 0.0724 e. The Morgan fingerprint density at radius 2 is 1.73 bits per heavy atom. The Bertz CT molecular complexity index is 222. The monoisotopic (exact) mass is 148 g/mol. The maximum Gasteiger partial charge on any atom is 0.0724 e. The van der Waals surface area contributed by atoms with Crippen molar-refractivity contribution in [2.75, 3.05) is 13.2 Å². The third-order valence-corrected chi connectivity index (χ3v) is 2.13. The van der Waals surface area contributed by atoms with Crippen molar-refractivity contribution in [2.24, 2.45) is 5.92 Å². The van der Waals surface area contributed by atoms with Crippen LogP contribution in [0.25, 0.3) is 0 Å². The van der Waals surface area contributed by atoms with E-state index in [0.717, 1.165) is 13.2 Å². The standard InChI is InChI=1S/C10H12O/c1-8-2-4-9-6-11-7-10(9)5-3-8/h2-5,8H,6-7H2,1H3. The van der Waals surface area contributed by atoms with Crippen molar-refractivity contribution in [2.45, 2.75) is 6.92 Å². The lowest BCUT2D eigenvalue weighted by atomic mass is 10.1. The molecule has 0 bridgehead atoms. The molecule has 11 heavy (non-hydrogen) atoms. The molecule has 1 aliphatic heterocycles. The normalized spacial score (nSPS) is 24.1. The van der Waals surface area contributed by atoms with E-state index < -0.39 is 0 Å². The second-order valence-corrected chi connectivity index (χ2v) is 3.12. The van der Waals surface area contributed by atoms with Crippen molar-refractivity contribution in [1.82, 2.24) is 0 Å². The molecule has 0 amide bonds. The van der Waals surface area contributed by atoms with Crippen LogP contribution < -0.4 is 0 Å². The summed E-state index contributed by atoms with van der Waals surface area (Å²) in [6.45, 7) is 3.78. The fraction of sp³-hybridized carbons (Fsp3) is 0.400. The molecule has 2 rings (SSSR count). The fourth-order valence-corrected chi connectivity index (χ4v) is 1.37. The Hall–Kier alpha value is -0.820. The number of hydrogen-bond donors (Lipinski definition) is 0. The van der Waals surface area contributed by atoms with Gasteiger partial charge in [-0.2, -0.15) is 0 Å². The van der Waals surface area contributed by atoms with Crippen LogP contribution >= 0.6 is 0 Å². The van der Waals surface area contributed by atoms with Gasteiger partial charge in [-0.1, -0.05) is 31.2 Å². The summed E-state index contributed by atoms with van der Waals surface area (Å²) in [5, 5.41) is 0. The molecule has 0 saturated carbocycles. The molecule has 0 unspecified atom stereocenters. The van der Waals surface area contributed by atoms with Crippen LogP contribution in [-0.2, 0) is 4.74 Å². The third-order valence-electron chi connectivity index (χ3n) is 2.13. The van der Waals surface area contributed by atoms with Crippen molar-refractivity contribution in [3.8, 4) is 0 Å². The second kappa shape index (κ2) is 2.67. The number of rotatable bonds is 0. The summed E-state index contributed by atoms with van der Waals surface area (Å²) in [6, 6.07) is 0. The molecular weight excluding hydrogens is 136 g/mol. The molecular formula is C10H12O. The van der Waals surface area contributed by atoms with Crippen molar-refractivity contribution < 1.29 is 4.74 Å². The molecule has 0 aromatic rings. The van der Waals surface area contributed by atoms with Gasteiger partial charge in [-0.3, -0.25) is 0 Å². The molecule has 0 saturated heterocycles. The lowest BCUT2D eigenvalue weighted by molar-refractivity contribution is 0.207. The van der Waals surface area contributed by atoms with Crippen LogP contribution in [0.3, 0.4) is 0 Å². The maximum atomic E-state index is 5.31. The highest BCUT2D eigenvalue weighted by Gasteiger charge is 2.11. The van der Waals surface area contributed by atoms with Crippen LogP contribution in [0.1, 0.15) is 6.92 Å². The average Bonchev–Trinajstić information content (AvgIpc) is 2.38. The third kappa shape index (κ3) is 1.29. The highest BCUT2D eigenvalue weighted by Crippen LogP contribution is 2.21. The van der Waals surface area contributed by atoms with Crippen LogP contribution in [0.2, 0.25) is 0 Å². The summed E-state index contributed by atoms with van der Waals surface area (Å²) >= 11 is 0. The lowest BCUT2D eigenvalue weighted by Crippen LogP contribution is -1.86. The first-order valence-electron chi connectivity index (χ1n) is 4.02. The molecule has 0 radical (unpaired) electrons. The van der Waals surface area contributed by atoms with Crippen LogP contribution in [0.15, 0.2) is 35.5 Å². The molecule has 0 N–H and O–H groups in total. The SMILES string of the molecule is CC1C=CC2=C(C=C1)COC2. The largest absolute Gasteiger partial charge is 0.372 e. The quantitative estimate of drug-likeness (QED) is 0.511. The second-order valence-electron chi connectivity index (χ2n) is 3.12. The van der Waals surface area contributed by atoms with Gasteiger partial charge in [-0.05, 0) is 17.1 Å². The van der Waals surface area contributed by atoms with Crippen molar-refractivity contribution in [3.63, 3.8) is 0 Å². The van der Waals surface area contributed by atoms with Crippen molar-refractivity contribution in [3.05, 3.63) is 35.5 Å². The zero-order chi connectivity index (χ0) is 7.68. The molecule has 0 atom stereocenters. The van der Waals surface area contributed by atoms with E-state index in [1.54, 1.807) is 0 Å². The van der Waals surface area contributed by atoms with Gasteiger partial charge in [0.15, 0.2) is 0 Å². The van der Waals surface area contributed by atoms with Crippen molar-refractivity contribution >= 4 is 0 Å². The summed E-state index contributed by atoms with van der Waals surface area (Å²) in [5.41, 5.74) is 2.70. The number of allylic oxidation sites excluding steroid dienone is 2. The van der Waals surface area contributed by atoms with E-state index >= 15 is 0 Å². The molecule has 1 heteroatoms. The molecule has 0 fully saturated rings. The van der Waals surface area contributed by atoms with Gasteiger partial charge in [-0.15, -0.1) is 0 Å². The summed E-state index contributed by atoms with van der Waals surface area (Å²) in [5.74, 6) is 0.570. The van der Waals surface area contributed by atoms with E-state index in [2.05, 4.69) is 31.2 Å². The Morgan fingerprint density at radius 1 is 1.18 bits per heavy atom. The molecule has 58 valence electrons. The first-order chi connectivity index (χ1) is 5.36. The van der Waals surface area contributed by atoms with E-state index in [1.165, 1.54) is 11.1 Å². The van der Waals surface area contributed by atoms with Gasteiger partial charge in [0.2, 0.25) is 0 Å². The van der Waals surface area contributed by atoms with Crippen LogP contribution in [-0.4, -0.2) is 13.2 Å². The Balaban J connectivity index is 2.30. The maximum absolute atomic E-state index is 5.31. The molecule has 1 heterocycles. The van der Waals surface area contributed by atoms with Gasteiger partial charge < -0.3 is 4.74 Å². The molecule has 0 aromatic carbocycles. The van der Waals surface area contributed by atoms with Crippen LogP contribution in [0, 0.1) is 5.92 Å². The minimum Gasteiger partial charge on any atom is -0.372 e. The van der Waals surface area contributed by atoms with Gasteiger partial charge >= 0.3 is 0 Å². The highest BCUT2D eigenvalue weighted by molar-refractivity contribution is 5.39. The Morgan fingerprint density at radius 3 is 2.27 bits per heavy atom. The van der Waals surface area contributed by atoms with Crippen molar-refractivity contribution in [1.29, 1.82) is 0 Å². The van der Waals surface area contributed by atoms with Gasteiger partial charge in [0.1, 0.15) is 0 Å². The summed E-state index contributed by atoms with van der Waals surface area (Å²) in [4.78, 5) is 0. The zero-order valence-corrected chi connectivity index (χ0v) is 6.71. The zero-order valence-electron chi connectivity index (χ0n) is 6.71. The van der Waals surface area contributed by atoms with Gasteiger partial charge in [0.05, 0.1) is 13.2 Å². The van der Waals surface area contributed by atoms with Gasteiger partial charge in [0.25, 0.3) is 0 Å². The number of hydrogen-bond acceptors (Lipinski definition) is 1. The van der Waals surface area contributed by atoms with Crippen LogP contribution in [0.4, 0.5) is 0 Å². The van der Waals surface area contributed by atoms with E-state index in [1.807, 2.05) is 0 Å². The molecule has 1 nitrogen and oxygen atoms in total. The van der Waals surface area contributed by atoms with Gasteiger partial charge in [-0.25, -0.2) is 0 Å². The highest BCUT2D eigenvalue weighted by atomic mass is 16.5. The van der Waals surface area contributed by atoms with Crippen LogP contribution in [0.5, 0.6) is 0 Å². The molecule has 2 aliphatic rings. The van der Waals surface area contributed by atoms with E-state index in [-0.39, 0.29) is 0 Å². The minimum absolute atomic E-state index is 0.570. The average molecular weight is 148 g/mol. The van der Waals surface area contributed by atoms with E-state index in [9.17, 15) is 0 Å². The number of ether oxygens (including phenoxy) is 1. The summed E-state index contributed by atoms with van der Waals surface area (Å²) in [7, 11) is 0. The van der Waals surface area contributed by atoms with E-state index in [4.69, 9.17) is 4.74 Å². The topological polar surface area (TPSA) is 9.23 Å². The predicted octanol–water partition coefficient (Wildman–Crippen LogP) is 2.08. The van der Waals surface area contributed by atoms with E-state index in [0.29, 0.717) is 5.92 Å². The molecule has 0 spiro atoms.